The highest BCUT2D eigenvalue weighted by molar-refractivity contribution is 9.10. The molecule has 0 unspecified atom stereocenters. The number of rotatable bonds is 3. The van der Waals surface area contributed by atoms with Gasteiger partial charge in [-0.05, 0) is 46.3 Å². The summed E-state index contributed by atoms with van der Waals surface area (Å²) in [7, 11) is 0. The van der Waals surface area contributed by atoms with E-state index in [1.165, 1.54) is 30.3 Å². The lowest BCUT2D eigenvalue weighted by molar-refractivity contribution is 0.318. The molecule has 0 aromatic heterocycles. The number of oxime groups is 1. The molecule has 0 aliphatic carbocycles. The number of nitrogens with two attached hydrogens (primary N) is 1. The third kappa shape index (κ3) is 3.58. The lowest BCUT2D eigenvalue weighted by Crippen LogP contribution is -2.14. The van der Waals surface area contributed by atoms with Gasteiger partial charge in [0.05, 0.1) is 4.47 Å². The molecule has 0 fully saturated rings. The van der Waals surface area contributed by atoms with E-state index >= 15 is 0 Å². The van der Waals surface area contributed by atoms with Crippen LogP contribution in [0.25, 0.3) is 0 Å². The van der Waals surface area contributed by atoms with Crippen LogP contribution in [0.2, 0.25) is 10.0 Å². The number of hydrogen-bond donors (Lipinski definition) is 2. The van der Waals surface area contributed by atoms with Gasteiger partial charge in [-0.15, -0.1) is 0 Å². The lowest BCUT2D eigenvalue weighted by Gasteiger charge is -2.11. The fourth-order valence-electron chi connectivity index (χ4n) is 1.58. The maximum Gasteiger partial charge on any atom is 0.180 e. The Morgan fingerprint density at radius 1 is 1.24 bits per heavy atom. The third-order valence-corrected chi connectivity index (χ3v) is 3.71. The summed E-state index contributed by atoms with van der Waals surface area (Å²) in [6.07, 6.45) is 0. The Morgan fingerprint density at radius 3 is 2.43 bits per heavy atom. The normalized spacial score (nSPS) is 11.5. The molecule has 4 nitrogen and oxygen atoms in total. The SMILES string of the molecule is N/C(=N/O)c1ccc(Oc2cc(Cl)cc(Cl)c2)c(F)c1Br. The van der Waals surface area contributed by atoms with Gasteiger partial charge in [0.1, 0.15) is 5.75 Å². The molecule has 21 heavy (non-hydrogen) atoms. The molecule has 0 aliphatic rings. The van der Waals surface area contributed by atoms with Crippen LogP contribution < -0.4 is 10.5 Å². The van der Waals surface area contributed by atoms with E-state index in [-0.39, 0.29) is 27.4 Å². The van der Waals surface area contributed by atoms with Crippen molar-refractivity contribution in [3.63, 3.8) is 0 Å². The summed E-state index contributed by atoms with van der Waals surface area (Å²) in [5, 5.41) is 12.2. The number of amidine groups is 1. The molecule has 0 radical (unpaired) electrons. The van der Waals surface area contributed by atoms with Crippen LogP contribution in [0.4, 0.5) is 4.39 Å². The zero-order valence-electron chi connectivity index (χ0n) is 10.3. The molecule has 0 amide bonds. The monoisotopic (exact) mass is 392 g/mol. The highest BCUT2D eigenvalue weighted by Gasteiger charge is 2.16. The van der Waals surface area contributed by atoms with Crippen LogP contribution >= 0.6 is 39.1 Å². The Labute approximate surface area is 138 Å². The van der Waals surface area contributed by atoms with Crippen molar-refractivity contribution < 1.29 is 14.3 Å². The molecule has 0 saturated carbocycles. The molecule has 0 spiro atoms. The Balaban J connectivity index is 2.40. The number of ether oxygens (including phenoxy) is 1. The second-order valence-electron chi connectivity index (χ2n) is 3.93. The molecule has 0 heterocycles. The van der Waals surface area contributed by atoms with Gasteiger partial charge in [0.25, 0.3) is 0 Å². The smallest absolute Gasteiger partial charge is 0.180 e. The topological polar surface area (TPSA) is 67.8 Å². The molecule has 2 aromatic rings. The fraction of sp³-hybridized carbons (Fsp3) is 0. The Hall–Kier alpha value is -1.50. The third-order valence-electron chi connectivity index (χ3n) is 2.49. The van der Waals surface area contributed by atoms with Crippen LogP contribution in [0.5, 0.6) is 11.5 Å². The van der Waals surface area contributed by atoms with Crippen LogP contribution in [0, 0.1) is 5.82 Å². The van der Waals surface area contributed by atoms with Gasteiger partial charge in [-0.1, -0.05) is 28.4 Å². The summed E-state index contributed by atoms with van der Waals surface area (Å²) in [4.78, 5) is 0. The second-order valence-corrected chi connectivity index (χ2v) is 5.60. The zero-order chi connectivity index (χ0) is 15.6. The predicted octanol–water partition coefficient (Wildman–Crippen LogP) is 4.78. The van der Waals surface area contributed by atoms with Crippen molar-refractivity contribution in [2.75, 3.05) is 0 Å². The molecule has 8 heteroatoms. The molecule has 2 aromatic carbocycles. The first-order valence-electron chi connectivity index (χ1n) is 5.52. The molecule has 0 saturated heterocycles. The van der Waals surface area contributed by atoms with Crippen molar-refractivity contribution in [3.05, 3.63) is 56.2 Å². The summed E-state index contributed by atoms with van der Waals surface area (Å²) < 4.78 is 19.6. The van der Waals surface area contributed by atoms with E-state index in [9.17, 15) is 4.39 Å². The minimum Gasteiger partial charge on any atom is -0.454 e. The van der Waals surface area contributed by atoms with Gasteiger partial charge < -0.3 is 15.7 Å². The minimum atomic E-state index is -0.699. The van der Waals surface area contributed by atoms with E-state index < -0.39 is 5.82 Å². The van der Waals surface area contributed by atoms with Crippen molar-refractivity contribution >= 4 is 45.0 Å². The standard InChI is InChI=1S/C13H8BrCl2FN2O2/c14-11-9(13(18)19-20)1-2-10(12(11)17)21-8-4-6(15)3-7(16)5-8/h1-5,20H,(H2,18,19). The quantitative estimate of drug-likeness (QED) is 0.341. The number of benzene rings is 2. The van der Waals surface area contributed by atoms with E-state index in [1.54, 1.807) is 0 Å². The first-order chi connectivity index (χ1) is 9.92. The van der Waals surface area contributed by atoms with Crippen molar-refractivity contribution in [1.82, 2.24) is 0 Å². The van der Waals surface area contributed by atoms with Crippen molar-refractivity contribution in [3.8, 4) is 11.5 Å². The molecule has 0 atom stereocenters. The van der Waals surface area contributed by atoms with Crippen LogP contribution in [-0.2, 0) is 0 Å². The average Bonchev–Trinajstić information content (AvgIpc) is 2.42. The van der Waals surface area contributed by atoms with Gasteiger partial charge in [-0.3, -0.25) is 0 Å². The van der Waals surface area contributed by atoms with E-state index in [1.807, 2.05) is 0 Å². The van der Waals surface area contributed by atoms with Gasteiger partial charge in [-0.2, -0.15) is 0 Å². The first-order valence-corrected chi connectivity index (χ1v) is 7.07. The summed E-state index contributed by atoms with van der Waals surface area (Å²) in [5.41, 5.74) is 5.63. The Kier molecular flexibility index (Phi) is 4.92. The van der Waals surface area contributed by atoms with Crippen molar-refractivity contribution in [2.24, 2.45) is 10.9 Å². The van der Waals surface area contributed by atoms with E-state index in [4.69, 9.17) is 38.9 Å². The zero-order valence-corrected chi connectivity index (χ0v) is 13.4. The maximum atomic E-state index is 14.2. The van der Waals surface area contributed by atoms with E-state index in [0.29, 0.717) is 10.0 Å². The minimum absolute atomic E-state index is 0.0171. The molecular formula is C13H8BrCl2FN2O2. The number of halogens is 4. The maximum absolute atomic E-state index is 14.2. The lowest BCUT2D eigenvalue weighted by atomic mass is 10.2. The predicted molar refractivity (Wildman–Crippen MR) is 83.1 cm³/mol. The molecule has 3 N–H and O–H groups in total. The van der Waals surface area contributed by atoms with Gasteiger partial charge in [0, 0.05) is 15.6 Å². The first kappa shape index (κ1) is 15.9. The van der Waals surface area contributed by atoms with Gasteiger partial charge in [0.15, 0.2) is 17.4 Å². The summed E-state index contributed by atoms with van der Waals surface area (Å²) in [5.74, 6) is -0.696. The van der Waals surface area contributed by atoms with Crippen LogP contribution in [0.1, 0.15) is 5.56 Å². The van der Waals surface area contributed by atoms with Crippen molar-refractivity contribution in [1.29, 1.82) is 0 Å². The number of nitrogens with zero attached hydrogens (tertiary/aromatic N) is 1. The van der Waals surface area contributed by atoms with Gasteiger partial charge in [-0.25, -0.2) is 4.39 Å². The van der Waals surface area contributed by atoms with Crippen LogP contribution in [0.15, 0.2) is 40.0 Å². The largest absolute Gasteiger partial charge is 0.454 e. The molecule has 110 valence electrons. The molecule has 2 rings (SSSR count). The highest BCUT2D eigenvalue weighted by atomic mass is 79.9. The van der Waals surface area contributed by atoms with E-state index in [2.05, 4.69) is 21.1 Å². The van der Waals surface area contributed by atoms with Crippen molar-refractivity contribution in [2.45, 2.75) is 0 Å². The number of hydrogen-bond acceptors (Lipinski definition) is 3. The Morgan fingerprint density at radius 2 is 1.86 bits per heavy atom. The summed E-state index contributed by atoms with van der Waals surface area (Å²) in [6, 6.07) is 7.33. The average molecular weight is 394 g/mol. The second kappa shape index (κ2) is 6.51. The van der Waals surface area contributed by atoms with Crippen LogP contribution in [-0.4, -0.2) is 11.0 Å². The molecular weight excluding hydrogens is 386 g/mol. The highest BCUT2D eigenvalue weighted by Crippen LogP contribution is 2.33. The Bertz CT molecular complexity index is 705. The summed E-state index contributed by atoms with van der Waals surface area (Å²) >= 11 is 14.7. The molecule has 0 aliphatic heterocycles. The van der Waals surface area contributed by atoms with E-state index in [0.717, 1.165) is 0 Å². The van der Waals surface area contributed by atoms with Crippen LogP contribution in [0.3, 0.4) is 0 Å². The summed E-state index contributed by atoms with van der Waals surface area (Å²) in [6.45, 7) is 0. The van der Waals surface area contributed by atoms with Gasteiger partial charge in [0.2, 0.25) is 0 Å². The van der Waals surface area contributed by atoms with Gasteiger partial charge >= 0.3 is 0 Å². The fourth-order valence-corrected chi connectivity index (χ4v) is 2.61. The molecule has 0 bridgehead atoms.